The molecule has 1 aromatic rings. The first-order valence-corrected chi connectivity index (χ1v) is 10.6. The van der Waals surface area contributed by atoms with Crippen LogP contribution < -0.4 is 0 Å². The van der Waals surface area contributed by atoms with E-state index in [1.54, 1.807) is 0 Å². The molecule has 0 radical (unpaired) electrons. The second-order valence-corrected chi connectivity index (χ2v) is 8.37. The molecule has 1 N–H and O–H groups in total. The van der Waals surface area contributed by atoms with Crippen molar-refractivity contribution in [2.45, 2.75) is 83.2 Å². The molecule has 140 valence electrons. The number of rotatable bonds is 7. The first-order chi connectivity index (χ1) is 12.3. The van der Waals surface area contributed by atoms with Gasteiger partial charge in [-0.1, -0.05) is 37.6 Å². The lowest BCUT2D eigenvalue weighted by molar-refractivity contribution is -0.0215. The first kappa shape index (κ1) is 18.9. The van der Waals surface area contributed by atoms with E-state index in [2.05, 4.69) is 31.2 Å². The number of hydrogen-bond acceptors (Lipinski definition) is 2. The number of aliphatic hydroxyl groups is 1. The van der Waals surface area contributed by atoms with Crippen LogP contribution in [0.1, 0.15) is 81.8 Å². The number of hydrogen-bond donors (Lipinski definition) is 1. The monoisotopic (exact) mass is 344 g/mol. The van der Waals surface area contributed by atoms with Crippen LogP contribution in [0.2, 0.25) is 0 Å². The smallest absolute Gasteiger partial charge is 0.0578 e. The van der Waals surface area contributed by atoms with E-state index in [0.717, 1.165) is 18.9 Å². The van der Waals surface area contributed by atoms with Crippen LogP contribution in [0.4, 0.5) is 0 Å². The maximum Gasteiger partial charge on any atom is 0.0578 e. The topological polar surface area (TPSA) is 29.5 Å². The summed E-state index contributed by atoms with van der Waals surface area (Å²) < 4.78 is 6.08. The summed E-state index contributed by atoms with van der Waals surface area (Å²) in [5.74, 6) is 2.05. The highest BCUT2D eigenvalue weighted by Gasteiger charge is 2.22. The zero-order chi connectivity index (χ0) is 17.5. The Kier molecular flexibility index (Phi) is 7.36. The molecule has 1 aliphatic carbocycles. The highest BCUT2D eigenvalue weighted by molar-refractivity contribution is 5.26. The average molecular weight is 345 g/mol. The van der Waals surface area contributed by atoms with Crippen molar-refractivity contribution in [1.29, 1.82) is 0 Å². The van der Waals surface area contributed by atoms with Crippen LogP contribution in [0.15, 0.2) is 24.3 Å². The third-order valence-corrected chi connectivity index (χ3v) is 6.47. The van der Waals surface area contributed by atoms with Crippen LogP contribution in [-0.4, -0.2) is 24.4 Å². The molecular weight excluding hydrogens is 308 g/mol. The highest BCUT2D eigenvalue weighted by Crippen LogP contribution is 2.35. The molecule has 2 nitrogen and oxygen atoms in total. The molecule has 2 atom stereocenters. The van der Waals surface area contributed by atoms with Crippen molar-refractivity contribution in [3.8, 4) is 0 Å². The number of aliphatic hydroxyl groups excluding tert-OH is 1. The minimum Gasteiger partial charge on any atom is -0.396 e. The molecule has 1 aromatic carbocycles. The van der Waals surface area contributed by atoms with Crippen molar-refractivity contribution >= 4 is 0 Å². The Hall–Kier alpha value is -0.860. The summed E-state index contributed by atoms with van der Waals surface area (Å²) in [6, 6.07) is 9.35. The maximum absolute atomic E-state index is 9.28. The molecule has 25 heavy (non-hydrogen) atoms. The van der Waals surface area contributed by atoms with Crippen molar-refractivity contribution < 1.29 is 9.84 Å². The Morgan fingerprint density at radius 1 is 0.920 bits per heavy atom. The SMILES string of the molecule is CCCC1CCC(CCc2ccc(C3CCC(CO)CC3)cc2)OC1. The van der Waals surface area contributed by atoms with Crippen molar-refractivity contribution in [3.63, 3.8) is 0 Å². The second-order valence-electron chi connectivity index (χ2n) is 8.37. The van der Waals surface area contributed by atoms with Gasteiger partial charge in [0.1, 0.15) is 0 Å². The molecule has 0 bridgehead atoms. The molecule has 0 aromatic heterocycles. The number of ether oxygens (including phenoxy) is 1. The van der Waals surface area contributed by atoms with Gasteiger partial charge in [-0.25, -0.2) is 0 Å². The Morgan fingerprint density at radius 3 is 2.24 bits per heavy atom. The van der Waals surface area contributed by atoms with E-state index >= 15 is 0 Å². The van der Waals surface area contributed by atoms with Gasteiger partial charge in [0.25, 0.3) is 0 Å². The summed E-state index contributed by atoms with van der Waals surface area (Å²) in [5.41, 5.74) is 2.95. The van der Waals surface area contributed by atoms with Gasteiger partial charge in [-0.3, -0.25) is 0 Å². The van der Waals surface area contributed by atoms with Crippen LogP contribution in [0.25, 0.3) is 0 Å². The summed E-state index contributed by atoms with van der Waals surface area (Å²) >= 11 is 0. The summed E-state index contributed by atoms with van der Waals surface area (Å²) in [6.45, 7) is 3.62. The quantitative estimate of drug-likeness (QED) is 0.709. The lowest BCUT2D eigenvalue weighted by Gasteiger charge is -2.29. The van der Waals surface area contributed by atoms with Crippen molar-refractivity contribution in [3.05, 3.63) is 35.4 Å². The Labute approximate surface area is 154 Å². The third kappa shape index (κ3) is 5.56. The largest absolute Gasteiger partial charge is 0.396 e. The average Bonchev–Trinajstić information content (AvgIpc) is 2.68. The van der Waals surface area contributed by atoms with E-state index < -0.39 is 0 Å². The van der Waals surface area contributed by atoms with E-state index in [1.165, 1.54) is 68.9 Å². The minimum atomic E-state index is 0.369. The molecule has 3 rings (SSSR count). The minimum absolute atomic E-state index is 0.369. The van der Waals surface area contributed by atoms with Gasteiger partial charge < -0.3 is 9.84 Å². The third-order valence-electron chi connectivity index (χ3n) is 6.47. The summed E-state index contributed by atoms with van der Waals surface area (Å²) in [6.07, 6.45) is 12.8. The molecule has 1 saturated carbocycles. The van der Waals surface area contributed by atoms with Gasteiger partial charge in [0, 0.05) is 13.2 Å². The van der Waals surface area contributed by atoms with Gasteiger partial charge in [-0.05, 0) is 86.7 Å². The molecule has 2 fully saturated rings. The normalized spacial score (nSPS) is 30.3. The van der Waals surface area contributed by atoms with Crippen molar-refractivity contribution in [2.75, 3.05) is 13.2 Å². The van der Waals surface area contributed by atoms with Crippen LogP contribution in [0.3, 0.4) is 0 Å². The van der Waals surface area contributed by atoms with E-state index in [-0.39, 0.29) is 0 Å². The maximum atomic E-state index is 9.28. The fourth-order valence-corrected chi connectivity index (χ4v) is 4.69. The Balaban J connectivity index is 1.41. The van der Waals surface area contributed by atoms with Gasteiger partial charge in [0.05, 0.1) is 6.10 Å². The Bertz CT molecular complexity index is 479. The highest BCUT2D eigenvalue weighted by atomic mass is 16.5. The number of benzene rings is 1. The van der Waals surface area contributed by atoms with Crippen LogP contribution in [-0.2, 0) is 11.2 Å². The standard InChI is InChI=1S/C23H36O2/c1-2-3-20-9-15-23(25-17-20)14-8-18-4-10-21(11-5-18)22-12-6-19(16-24)7-13-22/h4-5,10-11,19-20,22-24H,2-3,6-9,12-17H2,1H3. The molecule has 1 aliphatic heterocycles. The van der Waals surface area contributed by atoms with Gasteiger partial charge in [-0.2, -0.15) is 0 Å². The molecule has 2 unspecified atom stereocenters. The number of aryl methyl sites for hydroxylation is 1. The van der Waals surface area contributed by atoms with Crippen LogP contribution >= 0.6 is 0 Å². The molecular formula is C23H36O2. The van der Waals surface area contributed by atoms with Crippen molar-refractivity contribution in [2.24, 2.45) is 11.8 Å². The van der Waals surface area contributed by atoms with Gasteiger partial charge >= 0.3 is 0 Å². The predicted molar refractivity (Wildman–Crippen MR) is 104 cm³/mol. The molecule has 0 amide bonds. The molecule has 2 heteroatoms. The van der Waals surface area contributed by atoms with E-state index in [1.807, 2.05) is 0 Å². The fourth-order valence-electron chi connectivity index (χ4n) is 4.69. The molecule has 1 saturated heterocycles. The van der Waals surface area contributed by atoms with Gasteiger partial charge in [-0.15, -0.1) is 0 Å². The van der Waals surface area contributed by atoms with Crippen LogP contribution in [0.5, 0.6) is 0 Å². The molecule has 0 spiro atoms. The zero-order valence-corrected chi connectivity index (χ0v) is 16.0. The molecule has 1 heterocycles. The zero-order valence-electron chi connectivity index (χ0n) is 16.0. The lowest BCUT2D eigenvalue weighted by atomic mass is 9.79. The van der Waals surface area contributed by atoms with Gasteiger partial charge in [0.2, 0.25) is 0 Å². The van der Waals surface area contributed by atoms with E-state index in [4.69, 9.17) is 4.74 Å². The second kappa shape index (κ2) is 9.73. The summed E-state index contributed by atoms with van der Waals surface area (Å²) in [7, 11) is 0. The molecule has 2 aliphatic rings. The van der Waals surface area contributed by atoms with E-state index in [0.29, 0.717) is 24.5 Å². The lowest BCUT2D eigenvalue weighted by Crippen LogP contribution is -2.26. The predicted octanol–water partition coefficient (Wildman–Crippen LogP) is 5.48. The summed E-state index contributed by atoms with van der Waals surface area (Å²) in [5, 5.41) is 9.28. The first-order valence-electron chi connectivity index (χ1n) is 10.6. The fraction of sp³-hybridized carbons (Fsp3) is 0.739. The van der Waals surface area contributed by atoms with E-state index in [9.17, 15) is 5.11 Å². The van der Waals surface area contributed by atoms with Gasteiger partial charge in [0.15, 0.2) is 0 Å². The van der Waals surface area contributed by atoms with Crippen LogP contribution in [0, 0.1) is 11.8 Å². The Morgan fingerprint density at radius 2 is 1.64 bits per heavy atom. The summed E-state index contributed by atoms with van der Waals surface area (Å²) in [4.78, 5) is 0. The van der Waals surface area contributed by atoms with Crippen molar-refractivity contribution in [1.82, 2.24) is 0 Å².